The van der Waals surface area contributed by atoms with Gasteiger partial charge in [-0.2, -0.15) is 0 Å². The minimum Gasteiger partial charge on any atom is -0.292 e. The molecule has 0 spiro atoms. The molecular formula is C12H12F5N. The van der Waals surface area contributed by atoms with Gasteiger partial charge in [-0.1, -0.05) is 20.8 Å². The molecule has 1 aromatic carbocycles. The molecule has 0 aliphatic rings. The van der Waals surface area contributed by atoms with Crippen molar-refractivity contribution in [1.29, 1.82) is 0 Å². The summed E-state index contributed by atoms with van der Waals surface area (Å²) in [5.41, 5.74) is -1.27. The van der Waals surface area contributed by atoms with Crippen molar-refractivity contribution in [1.82, 2.24) is 0 Å². The van der Waals surface area contributed by atoms with Crippen molar-refractivity contribution in [3.63, 3.8) is 0 Å². The van der Waals surface area contributed by atoms with E-state index >= 15 is 0 Å². The Kier molecular flexibility index (Phi) is 4.09. The van der Waals surface area contributed by atoms with Gasteiger partial charge in [0.25, 0.3) is 0 Å². The molecule has 1 aromatic rings. The van der Waals surface area contributed by atoms with E-state index in [0.29, 0.717) is 6.21 Å². The average molecular weight is 265 g/mol. The predicted octanol–water partition coefficient (Wildman–Crippen LogP) is 3.85. The van der Waals surface area contributed by atoms with Crippen LogP contribution in [0.5, 0.6) is 0 Å². The Labute approximate surface area is 101 Å². The minimum absolute atomic E-state index is 0.201. The maximum absolute atomic E-state index is 13.2. The summed E-state index contributed by atoms with van der Waals surface area (Å²) in [7, 11) is 0. The Balaban J connectivity index is 3.18. The average Bonchev–Trinajstić information content (AvgIpc) is 2.27. The highest BCUT2D eigenvalue weighted by Gasteiger charge is 2.24. The van der Waals surface area contributed by atoms with E-state index in [2.05, 4.69) is 4.99 Å². The molecule has 0 saturated carbocycles. The molecule has 6 heteroatoms. The fraction of sp³-hybridized carbons (Fsp3) is 0.417. The van der Waals surface area contributed by atoms with Crippen LogP contribution in [0.25, 0.3) is 0 Å². The summed E-state index contributed by atoms with van der Waals surface area (Å²) in [5.74, 6) is -9.84. The highest BCUT2D eigenvalue weighted by atomic mass is 19.2. The van der Waals surface area contributed by atoms with Gasteiger partial charge in [0.05, 0.1) is 5.56 Å². The van der Waals surface area contributed by atoms with Crippen molar-refractivity contribution in [2.24, 2.45) is 10.4 Å². The number of hydrogen-bond acceptors (Lipinski definition) is 1. The molecule has 0 unspecified atom stereocenters. The molecule has 0 heterocycles. The monoisotopic (exact) mass is 265 g/mol. The lowest BCUT2D eigenvalue weighted by Crippen LogP contribution is -2.11. The molecule has 100 valence electrons. The van der Waals surface area contributed by atoms with E-state index in [9.17, 15) is 22.0 Å². The van der Waals surface area contributed by atoms with Gasteiger partial charge in [0.2, 0.25) is 5.82 Å². The van der Waals surface area contributed by atoms with Crippen molar-refractivity contribution in [2.45, 2.75) is 20.8 Å². The van der Waals surface area contributed by atoms with Gasteiger partial charge < -0.3 is 0 Å². The lowest BCUT2D eigenvalue weighted by molar-refractivity contribution is 0.377. The normalized spacial score (nSPS) is 12.4. The van der Waals surface area contributed by atoms with Crippen LogP contribution in [-0.2, 0) is 0 Å². The molecule has 1 rings (SSSR count). The van der Waals surface area contributed by atoms with Crippen molar-refractivity contribution in [2.75, 3.05) is 6.54 Å². The highest BCUT2D eigenvalue weighted by Crippen LogP contribution is 2.22. The summed E-state index contributed by atoms with van der Waals surface area (Å²) in [4.78, 5) is 3.69. The summed E-state index contributed by atoms with van der Waals surface area (Å²) in [6.45, 7) is 5.67. The van der Waals surface area contributed by atoms with Gasteiger partial charge in [-0.3, -0.25) is 4.99 Å². The van der Waals surface area contributed by atoms with Crippen molar-refractivity contribution in [3.05, 3.63) is 34.6 Å². The SMILES string of the molecule is CC(C)(C)CN=Cc1c(F)c(F)c(F)c(F)c1F. The van der Waals surface area contributed by atoms with Crippen LogP contribution in [0.2, 0.25) is 0 Å². The lowest BCUT2D eigenvalue weighted by Gasteiger charge is -2.13. The molecule has 0 aromatic heterocycles. The Morgan fingerprint density at radius 3 is 1.61 bits per heavy atom. The molecule has 0 atom stereocenters. The van der Waals surface area contributed by atoms with E-state index in [1.165, 1.54) is 0 Å². The molecule has 0 aliphatic carbocycles. The van der Waals surface area contributed by atoms with E-state index < -0.39 is 34.6 Å². The molecule has 0 aliphatic heterocycles. The number of hydrogen-bond donors (Lipinski definition) is 0. The van der Waals surface area contributed by atoms with E-state index in [1.54, 1.807) is 0 Å². The standard InChI is InChI=1S/C12H12F5N/c1-12(2,3)5-18-4-6-7(13)9(15)11(17)10(16)8(6)14/h4H,5H2,1-3H3. The van der Waals surface area contributed by atoms with Crippen LogP contribution in [0, 0.1) is 34.5 Å². The summed E-state index contributed by atoms with van der Waals surface area (Å²) < 4.78 is 64.8. The van der Waals surface area contributed by atoms with Gasteiger partial charge in [0, 0.05) is 12.8 Å². The maximum atomic E-state index is 13.2. The highest BCUT2D eigenvalue weighted by molar-refractivity contribution is 5.80. The number of halogens is 5. The first-order valence-electron chi connectivity index (χ1n) is 5.16. The van der Waals surface area contributed by atoms with Gasteiger partial charge in [-0.05, 0) is 5.41 Å². The van der Waals surface area contributed by atoms with Gasteiger partial charge >= 0.3 is 0 Å². The fourth-order valence-electron chi connectivity index (χ4n) is 1.15. The first-order chi connectivity index (χ1) is 8.15. The van der Waals surface area contributed by atoms with Crippen LogP contribution in [0.15, 0.2) is 4.99 Å². The second kappa shape index (κ2) is 5.04. The van der Waals surface area contributed by atoms with Crippen LogP contribution in [-0.4, -0.2) is 12.8 Å². The molecule has 0 amide bonds. The Morgan fingerprint density at radius 2 is 1.22 bits per heavy atom. The van der Waals surface area contributed by atoms with Crippen molar-refractivity contribution >= 4 is 6.21 Å². The fourth-order valence-corrected chi connectivity index (χ4v) is 1.15. The van der Waals surface area contributed by atoms with Crippen LogP contribution >= 0.6 is 0 Å². The molecule has 1 nitrogen and oxygen atoms in total. The van der Waals surface area contributed by atoms with Crippen molar-refractivity contribution < 1.29 is 22.0 Å². The van der Waals surface area contributed by atoms with E-state index in [0.717, 1.165) is 0 Å². The minimum atomic E-state index is -2.17. The molecule has 0 fully saturated rings. The number of aliphatic imine (C=N–C) groups is 1. The second-order valence-electron chi connectivity index (χ2n) is 5.01. The largest absolute Gasteiger partial charge is 0.292 e. The summed E-state index contributed by atoms with van der Waals surface area (Å²) in [6, 6.07) is 0. The zero-order chi connectivity index (χ0) is 14.1. The molecule has 0 bridgehead atoms. The number of rotatable bonds is 2. The number of benzene rings is 1. The molecule has 18 heavy (non-hydrogen) atoms. The van der Waals surface area contributed by atoms with Gasteiger partial charge in [-0.25, -0.2) is 22.0 Å². The lowest BCUT2D eigenvalue weighted by atomic mass is 9.97. The summed E-state index contributed by atoms with van der Waals surface area (Å²) in [6.07, 6.45) is 0.668. The zero-order valence-corrected chi connectivity index (χ0v) is 10.1. The topological polar surface area (TPSA) is 12.4 Å². The third-order valence-corrected chi connectivity index (χ3v) is 2.03. The van der Waals surface area contributed by atoms with E-state index in [4.69, 9.17) is 0 Å². The molecule has 0 saturated heterocycles. The van der Waals surface area contributed by atoms with Crippen LogP contribution in [0.4, 0.5) is 22.0 Å². The summed E-state index contributed by atoms with van der Waals surface area (Å²) >= 11 is 0. The maximum Gasteiger partial charge on any atom is 0.200 e. The van der Waals surface area contributed by atoms with Crippen LogP contribution < -0.4 is 0 Å². The van der Waals surface area contributed by atoms with Gasteiger partial charge in [0.15, 0.2) is 23.3 Å². The second-order valence-corrected chi connectivity index (χ2v) is 5.01. The molecule has 0 N–H and O–H groups in total. The van der Waals surface area contributed by atoms with Crippen LogP contribution in [0.1, 0.15) is 26.3 Å². The third-order valence-electron chi connectivity index (χ3n) is 2.03. The first kappa shape index (κ1) is 14.6. The molecule has 0 radical (unpaired) electrons. The van der Waals surface area contributed by atoms with E-state index in [1.807, 2.05) is 20.8 Å². The Morgan fingerprint density at radius 1 is 0.833 bits per heavy atom. The van der Waals surface area contributed by atoms with Crippen LogP contribution in [0.3, 0.4) is 0 Å². The van der Waals surface area contributed by atoms with Crippen molar-refractivity contribution in [3.8, 4) is 0 Å². The van der Waals surface area contributed by atoms with Gasteiger partial charge in [-0.15, -0.1) is 0 Å². The Hall–Kier alpha value is -1.46. The third kappa shape index (κ3) is 3.05. The zero-order valence-electron chi connectivity index (χ0n) is 10.1. The summed E-state index contributed by atoms with van der Waals surface area (Å²) in [5, 5.41) is 0. The smallest absolute Gasteiger partial charge is 0.200 e. The predicted molar refractivity (Wildman–Crippen MR) is 58.1 cm³/mol. The molecular weight excluding hydrogens is 253 g/mol. The van der Waals surface area contributed by atoms with E-state index in [-0.39, 0.29) is 12.0 Å². The van der Waals surface area contributed by atoms with Gasteiger partial charge in [0.1, 0.15) is 0 Å². The number of nitrogens with zero attached hydrogens (tertiary/aromatic N) is 1. The quantitative estimate of drug-likeness (QED) is 0.333. The first-order valence-corrected chi connectivity index (χ1v) is 5.16. The Bertz CT molecular complexity index is 459.